The van der Waals surface area contributed by atoms with Crippen LogP contribution >= 0.6 is 0 Å². The van der Waals surface area contributed by atoms with Crippen molar-refractivity contribution < 1.29 is 13.5 Å². The Kier molecular flexibility index (Phi) is 7.17. The minimum Gasteiger partial charge on any atom is -0.496 e. The number of benzene rings is 3. The molecule has 1 aliphatic carbocycles. The zero-order chi connectivity index (χ0) is 26.9. The van der Waals surface area contributed by atoms with Crippen molar-refractivity contribution in [3.63, 3.8) is 0 Å². The molecular formula is C32H33F2N3O2. The first-order valence-corrected chi connectivity index (χ1v) is 13.9. The van der Waals surface area contributed by atoms with Crippen LogP contribution in [-0.2, 0) is 6.54 Å². The van der Waals surface area contributed by atoms with E-state index in [4.69, 9.17) is 9.72 Å². The van der Waals surface area contributed by atoms with Crippen molar-refractivity contribution in [3.05, 3.63) is 82.7 Å². The number of likely N-dealkylation sites (tertiary alicyclic amines) is 1. The van der Waals surface area contributed by atoms with Crippen LogP contribution in [0.3, 0.4) is 0 Å². The molecule has 5 nitrogen and oxygen atoms in total. The standard InChI is InChI=1S/C32H33F2N3O2/c1-39-30-10-3-2-9-27(30)31-35-29-12-11-23(24-14-25(33)17-26(34)15-24)16-28(29)32(38)37(31)20-22-8-5-13-36(19-22)18-21-6-4-7-21/h2-3,9-12,14-17,21-22H,4-8,13,18-20H2,1H3. The average molecular weight is 530 g/mol. The van der Waals surface area contributed by atoms with Crippen molar-refractivity contribution >= 4 is 10.9 Å². The minimum atomic E-state index is -0.657. The normalized spacial score (nSPS) is 18.3. The summed E-state index contributed by atoms with van der Waals surface area (Å²) >= 11 is 0. The van der Waals surface area contributed by atoms with Gasteiger partial charge in [-0.1, -0.05) is 24.6 Å². The van der Waals surface area contributed by atoms with E-state index in [1.807, 2.05) is 24.3 Å². The van der Waals surface area contributed by atoms with E-state index in [1.165, 1.54) is 31.4 Å². The van der Waals surface area contributed by atoms with E-state index in [0.29, 0.717) is 46.1 Å². The lowest BCUT2D eigenvalue weighted by Gasteiger charge is -2.37. The van der Waals surface area contributed by atoms with E-state index >= 15 is 0 Å². The minimum absolute atomic E-state index is 0.157. The Balaban J connectivity index is 1.43. The molecule has 6 rings (SSSR count). The zero-order valence-corrected chi connectivity index (χ0v) is 22.2. The fourth-order valence-electron chi connectivity index (χ4n) is 6.09. The number of ether oxygens (including phenoxy) is 1. The van der Waals surface area contributed by atoms with Gasteiger partial charge in [0.25, 0.3) is 5.56 Å². The van der Waals surface area contributed by atoms with Crippen LogP contribution in [0, 0.1) is 23.5 Å². The third kappa shape index (κ3) is 5.33. The van der Waals surface area contributed by atoms with Crippen molar-refractivity contribution in [2.45, 2.75) is 38.6 Å². The Morgan fingerprint density at radius 3 is 2.41 bits per heavy atom. The van der Waals surface area contributed by atoms with Crippen molar-refractivity contribution in [3.8, 4) is 28.3 Å². The lowest BCUT2D eigenvalue weighted by molar-refractivity contribution is 0.117. The van der Waals surface area contributed by atoms with Crippen LogP contribution in [0.15, 0.2) is 65.5 Å². The Bertz CT molecular complexity index is 1540. The van der Waals surface area contributed by atoms with Crippen LogP contribution in [-0.4, -0.2) is 41.2 Å². The van der Waals surface area contributed by atoms with Crippen LogP contribution < -0.4 is 10.3 Å². The molecule has 1 atom stereocenters. The molecule has 2 heterocycles. The molecule has 202 valence electrons. The van der Waals surface area contributed by atoms with Crippen molar-refractivity contribution in [2.75, 3.05) is 26.7 Å². The maximum absolute atomic E-state index is 14.1. The first-order valence-electron chi connectivity index (χ1n) is 13.9. The number of aromatic nitrogens is 2. The Hall–Kier alpha value is -3.58. The summed E-state index contributed by atoms with van der Waals surface area (Å²) in [4.78, 5) is 21.7. The maximum Gasteiger partial charge on any atom is 0.261 e. The number of hydrogen-bond donors (Lipinski definition) is 0. The van der Waals surface area contributed by atoms with Crippen LogP contribution in [0.25, 0.3) is 33.4 Å². The van der Waals surface area contributed by atoms with E-state index in [0.717, 1.165) is 50.0 Å². The number of methoxy groups -OCH3 is 1. The molecular weight excluding hydrogens is 496 g/mol. The van der Waals surface area contributed by atoms with Gasteiger partial charge in [-0.05, 0) is 91.6 Å². The van der Waals surface area contributed by atoms with Gasteiger partial charge in [0, 0.05) is 25.7 Å². The maximum atomic E-state index is 14.1. The molecule has 0 spiro atoms. The van der Waals surface area contributed by atoms with E-state index in [-0.39, 0.29) is 5.56 Å². The monoisotopic (exact) mass is 529 g/mol. The smallest absolute Gasteiger partial charge is 0.261 e. The Morgan fingerprint density at radius 2 is 1.67 bits per heavy atom. The van der Waals surface area contributed by atoms with Crippen LogP contribution in [0.4, 0.5) is 8.78 Å². The van der Waals surface area contributed by atoms with Crippen molar-refractivity contribution in [1.29, 1.82) is 0 Å². The van der Waals surface area contributed by atoms with E-state index in [2.05, 4.69) is 4.90 Å². The first kappa shape index (κ1) is 25.7. The van der Waals surface area contributed by atoms with Crippen LogP contribution in [0.1, 0.15) is 32.1 Å². The van der Waals surface area contributed by atoms with Gasteiger partial charge in [0.2, 0.25) is 0 Å². The van der Waals surface area contributed by atoms with Gasteiger partial charge in [0.1, 0.15) is 23.2 Å². The topological polar surface area (TPSA) is 47.4 Å². The second kappa shape index (κ2) is 10.9. The van der Waals surface area contributed by atoms with Crippen molar-refractivity contribution in [2.24, 2.45) is 11.8 Å². The van der Waals surface area contributed by atoms with Gasteiger partial charge in [-0.25, -0.2) is 13.8 Å². The van der Waals surface area contributed by atoms with E-state index < -0.39 is 11.6 Å². The number of para-hydroxylation sites is 1. The molecule has 0 amide bonds. The average Bonchev–Trinajstić information content (AvgIpc) is 2.92. The molecule has 7 heteroatoms. The quantitative estimate of drug-likeness (QED) is 0.273. The molecule has 1 unspecified atom stereocenters. The summed E-state index contributed by atoms with van der Waals surface area (Å²) in [5, 5.41) is 0.429. The van der Waals surface area contributed by atoms with Gasteiger partial charge in [0.15, 0.2) is 0 Å². The highest BCUT2D eigenvalue weighted by atomic mass is 19.1. The second-order valence-corrected chi connectivity index (χ2v) is 11.0. The number of halogens is 2. The summed E-state index contributed by atoms with van der Waals surface area (Å²) in [5.41, 5.74) is 2.09. The zero-order valence-electron chi connectivity index (χ0n) is 22.2. The number of fused-ring (bicyclic) bond motifs is 1. The molecule has 1 aliphatic heterocycles. The molecule has 0 N–H and O–H groups in total. The Labute approximate surface area is 227 Å². The number of hydrogen-bond acceptors (Lipinski definition) is 4. The van der Waals surface area contributed by atoms with Gasteiger partial charge in [0.05, 0.1) is 23.6 Å². The predicted molar refractivity (Wildman–Crippen MR) is 150 cm³/mol. The van der Waals surface area contributed by atoms with Crippen molar-refractivity contribution in [1.82, 2.24) is 14.5 Å². The summed E-state index contributed by atoms with van der Waals surface area (Å²) in [6, 6.07) is 16.2. The largest absolute Gasteiger partial charge is 0.496 e. The summed E-state index contributed by atoms with van der Waals surface area (Å²) in [6.45, 7) is 3.78. The highest BCUT2D eigenvalue weighted by Crippen LogP contribution is 2.32. The third-order valence-corrected chi connectivity index (χ3v) is 8.28. The number of rotatable bonds is 7. The molecule has 4 aromatic rings. The van der Waals surface area contributed by atoms with Crippen LogP contribution in [0.2, 0.25) is 0 Å². The fraction of sp³-hybridized carbons (Fsp3) is 0.375. The molecule has 1 saturated carbocycles. The molecule has 39 heavy (non-hydrogen) atoms. The second-order valence-electron chi connectivity index (χ2n) is 11.0. The Morgan fingerprint density at radius 1 is 0.897 bits per heavy atom. The number of piperidine rings is 1. The van der Waals surface area contributed by atoms with Gasteiger partial charge in [-0.3, -0.25) is 9.36 Å². The molecule has 2 aliphatic rings. The predicted octanol–water partition coefficient (Wildman–Crippen LogP) is 6.53. The van der Waals surface area contributed by atoms with Gasteiger partial charge in [-0.15, -0.1) is 0 Å². The third-order valence-electron chi connectivity index (χ3n) is 8.28. The fourth-order valence-corrected chi connectivity index (χ4v) is 6.09. The highest BCUT2D eigenvalue weighted by molar-refractivity contribution is 5.85. The first-order chi connectivity index (χ1) is 19.0. The molecule has 2 fully saturated rings. The molecule has 0 bridgehead atoms. The molecule has 0 radical (unpaired) electrons. The van der Waals surface area contributed by atoms with E-state index in [1.54, 1.807) is 29.9 Å². The number of nitrogens with zero attached hydrogens (tertiary/aromatic N) is 3. The lowest BCUT2D eigenvalue weighted by atomic mass is 9.84. The summed E-state index contributed by atoms with van der Waals surface area (Å²) in [6.07, 6.45) is 6.16. The van der Waals surface area contributed by atoms with Crippen LogP contribution in [0.5, 0.6) is 5.75 Å². The molecule has 1 saturated heterocycles. The van der Waals surface area contributed by atoms with Gasteiger partial charge in [-0.2, -0.15) is 0 Å². The SMILES string of the molecule is COc1ccccc1-c1nc2ccc(-c3cc(F)cc(F)c3)cc2c(=O)n1CC1CCCN(CC2CCC2)C1. The van der Waals surface area contributed by atoms with Gasteiger partial charge < -0.3 is 9.64 Å². The summed E-state index contributed by atoms with van der Waals surface area (Å²) in [5.74, 6) is 1.05. The highest BCUT2D eigenvalue weighted by Gasteiger charge is 2.27. The molecule has 3 aromatic carbocycles. The summed E-state index contributed by atoms with van der Waals surface area (Å²) in [7, 11) is 1.62. The summed E-state index contributed by atoms with van der Waals surface area (Å²) < 4.78 is 35.3. The van der Waals surface area contributed by atoms with Gasteiger partial charge >= 0.3 is 0 Å². The van der Waals surface area contributed by atoms with E-state index in [9.17, 15) is 13.6 Å². The lowest BCUT2D eigenvalue weighted by Crippen LogP contribution is -2.42. The molecule has 1 aromatic heterocycles.